The van der Waals surface area contributed by atoms with Gasteiger partial charge in [-0.15, -0.1) is 0 Å². The monoisotopic (exact) mass is 202 g/mol. The van der Waals surface area contributed by atoms with Crippen molar-refractivity contribution in [1.82, 2.24) is 0 Å². The average Bonchev–Trinajstić information content (AvgIpc) is 2.11. The van der Waals surface area contributed by atoms with Crippen molar-refractivity contribution in [2.75, 3.05) is 11.5 Å². The van der Waals surface area contributed by atoms with Gasteiger partial charge in [0.1, 0.15) is 5.78 Å². The zero-order valence-corrected chi connectivity index (χ0v) is 9.79. The van der Waals surface area contributed by atoms with Crippen LogP contribution in [0.25, 0.3) is 0 Å². The van der Waals surface area contributed by atoms with Crippen LogP contribution in [0.2, 0.25) is 0 Å². The standard InChI is InChI=1S/C11H22OS/c1-3-8-11(12)9-6-5-7-10-13-4-2/h3-10H2,1-2H3. The third-order valence-corrected chi connectivity index (χ3v) is 2.96. The SMILES string of the molecule is CCCC(=O)CCCCCSCC. The quantitative estimate of drug-likeness (QED) is 0.531. The number of hydrogen-bond acceptors (Lipinski definition) is 2. The Hall–Kier alpha value is 0.0200. The van der Waals surface area contributed by atoms with Crippen LogP contribution >= 0.6 is 11.8 Å². The largest absolute Gasteiger partial charge is 0.300 e. The molecule has 0 aromatic heterocycles. The van der Waals surface area contributed by atoms with Gasteiger partial charge in [0.25, 0.3) is 0 Å². The fraction of sp³-hybridized carbons (Fsp3) is 0.909. The summed E-state index contributed by atoms with van der Waals surface area (Å²) in [7, 11) is 0. The molecule has 0 amide bonds. The highest BCUT2D eigenvalue weighted by Crippen LogP contribution is 2.08. The molecule has 0 atom stereocenters. The van der Waals surface area contributed by atoms with E-state index in [4.69, 9.17) is 0 Å². The van der Waals surface area contributed by atoms with E-state index >= 15 is 0 Å². The van der Waals surface area contributed by atoms with E-state index in [2.05, 4.69) is 13.8 Å². The number of ketones is 1. The lowest BCUT2D eigenvalue weighted by molar-refractivity contribution is -0.119. The average molecular weight is 202 g/mol. The first-order valence-corrected chi connectivity index (χ1v) is 6.56. The minimum Gasteiger partial charge on any atom is -0.300 e. The van der Waals surface area contributed by atoms with Crippen LogP contribution in [0.1, 0.15) is 52.4 Å². The Morgan fingerprint density at radius 2 is 1.85 bits per heavy atom. The van der Waals surface area contributed by atoms with E-state index in [0.717, 1.165) is 25.7 Å². The van der Waals surface area contributed by atoms with Crippen LogP contribution in [0.5, 0.6) is 0 Å². The zero-order chi connectivity index (χ0) is 9.94. The van der Waals surface area contributed by atoms with Crippen LogP contribution in [0.3, 0.4) is 0 Å². The second-order valence-corrected chi connectivity index (χ2v) is 4.69. The molecule has 2 heteroatoms. The lowest BCUT2D eigenvalue weighted by atomic mass is 10.1. The Bertz CT molecular complexity index is 123. The van der Waals surface area contributed by atoms with E-state index in [1.807, 2.05) is 11.8 Å². The van der Waals surface area contributed by atoms with E-state index < -0.39 is 0 Å². The molecule has 0 aliphatic heterocycles. The molecule has 0 N–H and O–H groups in total. The van der Waals surface area contributed by atoms with E-state index in [0.29, 0.717) is 5.78 Å². The predicted molar refractivity (Wildman–Crippen MR) is 61.4 cm³/mol. The number of unbranched alkanes of at least 4 members (excludes halogenated alkanes) is 2. The van der Waals surface area contributed by atoms with Gasteiger partial charge < -0.3 is 0 Å². The molecule has 0 saturated carbocycles. The second kappa shape index (κ2) is 10.1. The van der Waals surface area contributed by atoms with Crippen molar-refractivity contribution >= 4 is 17.5 Å². The highest BCUT2D eigenvalue weighted by Gasteiger charge is 1.99. The van der Waals surface area contributed by atoms with Crippen molar-refractivity contribution in [3.05, 3.63) is 0 Å². The number of rotatable bonds is 9. The van der Waals surface area contributed by atoms with Gasteiger partial charge in [0.05, 0.1) is 0 Å². The lowest BCUT2D eigenvalue weighted by Crippen LogP contribution is -1.96. The lowest BCUT2D eigenvalue weighted by Gasteiger charge is -1.99. The highest BCUT2D eigenvalue weighted by molar-refractivity contribution is 7.99. The smallest absolute Gasteiger partial charge is 0.132 e. The molecule has 0 aliphatic carbocycles. The van der Waals surface area contributed by atoms with Gasteiger partial charge in [-0.1, -0.05) is 20.3 Å². The van der Waals surface area contributed by atoms with Crippen molar-refractivity contribution in [2.45, 2.75) is 52.4 Å². The number of thioether (sulfide) groups is 1. The minimum absolute atomic E-state index is 0.450. The summed E-state index contributed by atoms with van der Waals surface area (Å²) in [5.74, 6) is 2.93. The van der Waals surface area contributed by atoms with Gasteiger partial charge >= 0.3 is 0 Å². The molecule has 0 aromatic carbocycles. The van der Waals surface area contributed by atoms with Gasteiger partial charge in [0.15, 0.2) is 0 Å². The molecular weight excluding hydrogens is 180 g/mol. The molecule has 0 spiro atoms. The third kappa shape index (κ3) is 9.94. The molecule has 0 unspecified atom stereocenters. The van der Waals surface area contributed by atoms with Crippen molar-refractivity contribution in [3.8, 4) is 0 Å². The van der Waals surface area contributed by atoms with Crippen LogP contribution in [0, 0.1) is 0 Å². The third-order valence-electron chi connectivity index (χ3n) is 1.98. The maximum Gasteiger partial charge on any atom is 0.132 e. The molecule has 1 nitrogen and oxygen atoms in total. The molecule has 13 heavy (non-hydrogen) atoms. The Kier molecular flexibility index (Phi) is 10.1. The van der Waals surface area contributed by atoms with Crippen LogP contribution in [0.15, 0.2) is 0 Å². The molecule has 0 heterocycles. The summed E-state index contributed by atoms with van der Waals surface area (Å²) in [6.45, 7) is 4.26. The summed E-state index contributed by atoms with van der Waals surface area (Å²) >= 11 is 1.99. The topological polar surface area (TPSA) is 17.1 Å². The van der Waals surface area contributed by atoms with Crippen LogP contribution < -0.4 is 0 Å². The molecule has 78 valence electrons. The number of carbonyl (C=O) groups excluding carboxylic acids is 1. The summed E-state index contributed by atoms with van der Waals surface area (Å²) < 4.78 is 0. The zero-order valence-electron chi connectivity index (χ0n) is 8.97. The predicted octanol–water partition coefficient (Wildman–Crippen LogP) is 3.67. The van der Waals surface area contributed by atoms with Crippen LogP contribution in [-0.2, 0) is 4.79 Å². The van der Waals surface area contributed by atoms with Gasteiger partial charge in [-0.05, 0) is 30.8 Å². The van der Waals surface area contributed by atoms with E-state index in [9.17, 15) is 4.79 Å². The first-order valence-electron chi connectivity index (χ1n) is 5.40. The van der Waals surface area contributed by atoms with Crippen molar-refractivity contribution in [3.63, 3.8) is 0 Å². The molecule has 0 bridgehead atoms. The maximum absolute atomic E-state index is 11.1. The summed E-state index contributed by atoms with van der Waals surface area (Å²) in [6, 6.07) is 0. The van der Waals surface area contributed by atoms with E-state index in [1.165, 1.54) is 24.3 Å². The minimum atomic E-state index is 0.450. The fourth-order valence-electron chi connectivity index (χ4n) is 1.25. The Balaban J connectivity index is 3.02. The Morgan fingerprint density at radius 3 is 2.46 bits per heavy atom. The van der Waals surface area contributed by atoms with Crippen molar-refractivity contribution < 1.29 is 4.79 Å². The van der Waals surface area contributed by atoms with Gasteiger partial charge in [-0.25, -0.2) is 0 Å². The number of carbonyl (C=O) groups is 1. The molecular formula is C11H22OS. The number of hydrogen-bond donors (Lipinski definition) is 0. The normalized spacial score (nSPS) is 10.3. The Morgan fingerprint density at radius 1 is 1.08 bits per heavy atom. The number of Topliss-reactive ketones (excluding diaryl/α,β-unsaturated/α-hetero) is 1. The van der Waals surface area contributed by atoms with E-state index in [1.54, 1.807) is 0 Å². The summed E-state index contributed by atoms with van der Waals surface area (Å²) in [5.41, 5.74) is 0. The molecule has 0 radical (unpaired) electrons. The molecule has 0 rings (SSSR count). The first kappa shape index (κ1) is 13.0. The van der Waals surface area contributed by atoms with Crippen LogP contribution in [0.4, 0.5) is 0 Å². The van der Waals surface area contributed by atoms with Gasteiger partial charge in [0, 0.05) is 12.8 Å². The van der Waals surface area contributed by atoms with Gasteiger partial charge in [0.2, 0.25) is 0 Å². The molecule has 0 aliphatic rings. The fourth-order valence-corrected chi connectivity index (χ4v) is 1.95. The molecule has 0 fully saturated rings. The van der Waals surface area contributed by atoms with Crippen LogP contribution in [-0.4, -0.2) is 17.3 Å². The van der Waals surface area contributed by atoms with Crippen molar-refractivity contribution in [2.24, 2.45) is 0 Å². The Labute approximate surface area is 86.7 Å². The van der Waals surface area contributed by atoms with Gasteiger partial charge in [-0.3, -0.25) is 4.79 Å². The highest BCUT2D eigenvalue weighted by atomic mass is 32.2. The summed E-state index contributed by atoms with van der Waals surface area (Å²) in [4.78, 5) is 11.1. The first-order chi connectivity index (χ1) is 6.31. The second-order valence-electron chi connectivity index (χ2n) is 3.30. The maximum atomic E-state index is 11.1. The summed E-state index contributed by atoms with van der Waals surface area (Å²) in [5, 5.41) is 0. The molecule has 0 aromatic rings. The molecule has 0 saturated heterocycles. The van der Waals surface area contributed by atoms with Gasteiger partial charge in [-0.2, -0.15) is 11.8 Å². The van der Waals surface area contributed by atoms with Crippen molar-refractivity contribution in [1.29, 1.82) is 0 Å². The summed E-state index contributed by atoms with van der Waals surface area (Å²) in [6.07, 6.45) is 6.20. The van der Waals surface area contributed by atoms with E-state index in [-0.39, 0.29) is 0 Å².